The van der Waals surface area contributed by atoms with Crippen LogP contribution in [0.25, 0.3) is 4.91 Å². The van der Waals surface area contributed by atoms with Gasteiger partial charge in [0.2, 0.25) is 0 Å². The van der Waals surface area contributed by atoms with E-state index in [2.05, 4.69) is 10.3 Å². The van der Waals surface area contributed by atoms with E-state index in [-0.39, 0.29) is 22.9 Å². The highest BCUT2D eigenvalue weighted by Crippen LogP contribution is 2.36. The number of benzene rings is 2. The average Bonchev–Trinajstić information content (AvgIpc) is 3.02. The lowest BCUT2D eigenvalue weighted by molar-refractivity contribution is -0.122. The van der Waals surface area contributed by atoms with Gasteiger partial charge < -0.3 is 10.1 Å². The summed E-state index contributed by atoms with van der Waals surface area (Å²) in [6, 6.07) is 16.7. The number of methoxy groups -OCH3 is 1. The maximum absolute atomic E-state index is 13.2. The Bertz CT molecular complexity index is 1350. The molecule has 0 saturated heterocycles. The second kappa shape index (κ2) is 9.48. The summed E-state index contributed by atoms with van der Waals surface area (Å²) in [5.74, 6) is -0.242. The first-order valence-electron chi connectivity index (χ1n) is 10.5. The van der Waals surface area contributed by atoms with Gasteiger partial charge in [0.1, 0.15) is 10.7 Å². The zero-order valence-corrected chi connectivity index (χ0v) is 19.5. The molecule has 1 N–H and O–H groups in total. The van der Waals surface area contributed by atoms with Crippen LogP contribution in [0.2, 0.25) is 0 Å². The number of rotatable bonds is 7. The Hall–Kier alpha value is -3.98. The topological polar surface area (TPSA) is 106 Å². The fraction of sp³-hybridized carbons (Fsp3) is 0.160. The minimum absolute atomic E-state index is 0.00782. The molecule has 2 amide bonds. The summed E-state index contributed by atoms with van der Waals surface area (Å²) in [5.41, 5.74) is 2.48. The monoisotopic (exact) mass is 477 g/mol. The molecule has 9 heteroatoms. The minimum Gasteiger partial charge on any atom is -0.497 e. The van der Waals surface area contributed by atoms with Gasteiger partial charge in [-0.25, -0.2) is 12.7 Å². The van der Waals surface area contributed by atoms with Crippen molar-refractivity contribution in [2.75, 3.05) is 7.11 Å². The van der Waals surface area contributed by atoms with Crippen molar-refractivity contribution < 1.29 is 22.7 Å². The van der Waals surface area contributed by atoms with Crippen molar-refractivity contribution in [3.8, 4) is 5.75 Å². The fourth-order valence-electron chi connectivity index (χ4n) is 3.68. The van der Waals surface area contributed by atoms with Crippen molar-refractivity contribution in [3.05, 3.63) is 101 Å². The molecule has 4 rings (SSSR count). The van der Waals surface area contributed by atoms with Crippen LogP contribution in [-0.4, -0.2) is 36.6 Å². The summed E-state index contributed by atoms with van der Waals surface area (Å²) in [6.45, 7) is 1.72. The van der Waals surface area contributed by atoms with Crippen LogP contribution in [0.15, 0.2) is 78.6 Å². The molecule has 0 unspecified atom stereocenters. The molecule has 3 aromatic rings. The summed E-state index contributed by atoms with van der Waals surface area (Å²) < 4.78 is 32.4. The third-order valence-electron chi connectivity index (χ3n) is 5.51. The van der Waals surface area contributed by atoms with Crippen LogP contribution in [0.1, 0.15) is 34.0 Å². The molecule has 1 aliphatic heterocycles. The molecule has 34 heavy (non-hydrogen) atoms. The number of hydrogen-bond donors (Lipinski definition) is 1. The highest BCUT2D eigenvalue weighted by atomic mass is 32.2. The SMILES string of the molecule is COc1ccc(C2=C(C)C(=O)N(Cc3ccc(C(=O)NCc4cccnc4)cc3)S2(=O)=O)cc1. The van der Waals surface area contributed by atoms with Gasteiger partial charge in [0.15, 0.2) is 0 Å². The van der Waals surface area contributed by atoms with Gasteiger partial charge in [-0.2, -0.15) is 0 Å². The largest absolute Gasteiger partial charge is 0.497 e. The maximum Gasteiger partial charge on any atom is 0.268 e. The summed E-state index contributed by atoms with van der Waals surface area (Å²) in [6.07, 6.45) is 3.33. The van der Waals surface area contributed by atoms with Crippen molar-refractivity contribution in [2.45, 2.75) is 20.0 Å². The van der Waals surface area contributed by atoms with Crippen LogP contribution < -0.4 is 10.1 Å². The second-order valence-corrected chi connectivity index (χ2v) is 9.54. The van der Waals surface area contributed by atoms with Crippen LogP contribution in [0.3, 0.4) is 0 Å². The zero-order chi connectivity index (χ0) is 24.3. The third-order valence-corrected chi connectivity index (χ3v) is 7.44. The number of carbonyl (C=O) groups is 2. The van der Waals surface area contributed by atoms with E-state index in [0.29, 0.717) is 29.0 Å². The summed E-state index contributed by atoms with van der Waals surface area (Å²) >= 11 is 0. The van der Waals surface area contributed by atoms with E-state index < -0.39 is 15.9 Å². The molecule has 0 bridgehead atoms. The van der Waals surface area contributed by atoms with Gasteiger partial charge in [0, 0.05) is 30.1 Å². The Labute approximate surface area is 197 Å². The molecular weight excluding hydrogens is 454 g/mol. The molecule has 8 nitrogen and oxygen atoms in total. The second-order valence-electron chi connectivity index (χ2n) is 7.74. The number of ether oxygens (including phenoxy) is 1. The van der Waals surface area contributed by atoms with E-state index in [1.165, 1.54) is 14.0 Å². The van der Waals surface area contributed by atoms with Crippen LogP contribution >= 0.6 is 0 Å². The first kappa shape index (κ1) is 23.2. The predicted octanol–water partition coefficient (Wildman–Crippen LogP) is 3.12. The highest BCUT2D eigenvalue weighted by Gasteiger charge is 2.42. The van der Waals surface area contributed by atoms with Gasteiger partial charge in [0.25, 0.3) is 21.8 Å². The molecule has 174 valence electrons. The lowest BCUT2D eigenvalue weighted by Gasteiger charge is -2.17. The maximum atomic E-state index is 13.2. The smallest absolute Gasteiger partial charge is 0.268 e. The number of nitrogens with zero attached hydrogens (tertiary/aromatic N) is 2. The number of carbonyl (C=O) groups excluding carboxylic acids is 2. The van der Waals surface area contributed by atoms with E-state index in [9.17, 15) is 18.0 Å². The third kappa shape index (κ3) is 4.55. The van der Waals surface area contributed by atoms with E-state index >= 15 is 0 Å². The predicted molar refractivity (Wildman–Crippen MR) is 127 cm³/mol. The van der Waals surface area contributed by atoms with Gasteiger partial charge >= 0.3 is 0 Å². The standard InChI is InChI=1S/C25H23N3O5S/c1-17-23(20-9-11-22(33-2)12-10-20)34(31,32)28(25(17)30)16-18-5-7-21(8-6-18)24(29)27-15-19-4-3-13-26-14-19/h3-14H,15-16H2,1-2H3,(H,27,29). The molecule has 0 aliphatic carbocycles. The Balaban J connectivity index is 1.47. The van der Waals surface area contributed by atoms with Crippen LogP contribution in [0.4, 0.5) is 0 Å². The normalized spacial score (nSPS) is 14.9. The summed E-state index contributed by atoms with van der Waals surface area (Å²) in [5, 5.41) is 2.81. The number of amides is 2. The molecule has 2 heterocycles. The lowest BCUT2D eigenvalue weighted by Crippen LogP contribution is -2.31. The van der Waals surface area contributed by atoms with Gasteiger partial charge in [-0.15, -0.1) is 0 Å². The van der Waals surface area contributed by atoms with E-state index in [1.54, 1.807) is 67.0 Å². The van der Waals surface area contributed by atoms with E-state index in [0.717, 1.165) is 9.87 Å². The van der Waals surface area contributed by atoms with Crippen LogP contribution in [-0.2, 0) is 27.9 Å². The number of nitrogens with one attached hydrogen (secondary N) is 1. The van der Waals surface area contributed by atoms with Crippen molar-refractivity contribution in [2.24, 2.45) is 0 Å². The van der Waals surface area contributed by atoms with Gasteiger partial charge in [0.05, 0.1) is 13.7 Å². The van der Waals surface area contributed by atoms with Crippen molar-refractivity contribution >= 4 is 26.7 Å². The molecule has 1 aliphatic rings. The van der Waals surface area contributed by atoms with E-state index in [4.69, 9.17) is 4.74 Å². The molecule has 0 atom stereocenters. The molecule has 0 fully saturated rings. The van der Waals surface area contributed by atoms with Crippen molar-refractivity contribution in [1.29, 1.82) is 0 Å². The molecule has 2 aromatic carbocycles. The summed E-state index contributed by atoms with van der Waals surface area (Å²) in [7, 11) is -2.50. The highest BCUT2D eigenvalue weighted by molar-refractivity contribution is 7.99. The van der Waals surface area contributed by atoms with E-state index in [1.807, 2.05) is 6.07 Å². The molecule has 1 aromatic heterocycles. The summed E-state index contributed by atoms with van der Waals surface area (Å²) in [4.78, 5) is 29.2. The first-order valence-corrected chi connectivity index (χ1v) is 11.9. The fourth-order valence-corrected chi connectivity index (χ4v) is 5.48. The van der Waals surface area contributed by atoms with Crippen LogP contribution in [0.5, 0.6) is 5.75 Å². The Morgan fingerprint density at radius 3 is 2.35 bits per heavy atom. The van der Waals surface area contributed by atoms with Gasteiger partial charge in [-0.3, -0.25) is 14.6 Å². The first-order chi connectivity index (χ1) is 16.3. The number of hydrogen-bond acceptors (Lipinski definition) is 6. The molecule has 0 radical (unpaired) electrons. The molecular formula is C25H23N3O5S. The quantitative estimate of drug-likeness (QED) is 0.561. The van der Waals surface area contributed by atoms with Gasteiger partial charge in [-0.1, -0.05) is 18.2 Å². The van der Waals surface area contributed by atoms with Gasteiger partial charge in [-0.05, 0) is 66.1 Å². The number of pyridine rings is 1. The van der Waals surface area contributed by atoms with Crippen LogP contribution in [0, 0.1) is 0 Å². The Morgan fingerprint density at radius 1 is 1.03 bits per heavy atom. The molecule has 0 spiro atoms. The Morgan fingerprint density at radius 2 is 1.74 bits per heavy atom. The lowest BCUT2D eigenvalue weighted by atomic mass is 10.1. The Kier molecular flexibility index (Phi) is 6.47. The number of sulfonamides is 1. The average molecular weight is 478 g/mol. The van der Waals surface area contributed by atoms with Crippen molar-refractivity contribution in [1.82, 2.24) is 14.6 Å². The van der Waals surface area contributed by atoms with Crippen molar-refractivity contribution in [3.63, 3.8) is 0 Å². The molecule has 0 saturated carbocycles. The minimum atomic E-state index is -4.03. The zero-order valence-electron chi connectivity index (χ0n) is 18.7. The number of aromatic nitrogens is 1.